The van der Waals surface area contributed by atoms with Crippen molar-refractivity contribution in [1.29, 1.82) is 0 Å². The Morgan fingerprint density at radius 1 is 1.24 bits per heavy atom. The van der Waals surface area contributed by atoms with Gasteiger partial charge in [0.15, 0.2) is 5.78 Å². The van der Waals surface area contributed by atoms with Crippen LogP contribution in [0.25, 0.3) is 0 Å². The van der Waals surface area contributed by atoms with E-state index in [0.717, 1.165) is 0 Å². The molecule has 0 unspecified atom stereocenters. The third-order valence-corrected chi connectivity index (χ3v) is 2.17. The Hall–Kier alpha value is -1.84. The highest BCUT2D eigenvalue weighted by Gasteiger charge is 2.25. The van der Waals surface area contributed by atoms with Crippen LogP contribution in [0.3, 0.4) is 0 Å². The number of aromatic hydroxyl groups is 1. The van der Waals surface area contributed by atoms with Crippen LogP contribution in [-0.2, 0) is 4.79 Å². The van der Waals surface area contributed by atoms with Crippen LogP contribution in [0.4, 0.5) is 0 Å². The molecule has 0 atom stereocenters. The average Bonchev–Trinajstić information content (AvgIpc) is 2.15. The molecular formula is C13H16O4. The van der Waals surface area contributed by atoms with Gasteiger partial charge in [-0.05, 0) is 39.8 Å². The fourth-order valence-electron chi connectivity index (χ4n) is 1.21. The summed E-state index contributed by atoms with van der Waals surface area (Å²) in [6.45, 7) is 6.45. The van der Waals surface area contributed by atoms with Gasteiger partial charge in [0.1, 0.15) is 17.1 Å². The number of Topliss-reactive ketones (excluding diaryl/α,β-unsaturated/α-hetero) is 1. The normalized spacial score (nSPS) is 11.1. The molecule has 0 bridgehead atoms. The summed E-state index contributed by atoms with van der Waals surface area (Å²) in [5.74, 6) is -0.889. The van der Waals surface area contributed by atoms with Crippen molar-refractivity contribution in [3.63, 3.8) is 0 Å². The number of carbonyl (C=O) groups excluding carboxylic acids is 2. The number of benzene rings is 1. The van der Waals surface area contributed by atoms with Gasteiger partial charge in [0.25, 0.3) is 0 Å². The lowest BCUT2D eigenvalue weighted by Gasteiger charge is -2.17. The Balaban J connectivity index is 3.12. The van der Waals surface area contributed by atoms with Crippen molar-refractivity contribution in [2.24, 2.45) is 5.41 Å². The smallest absolute Gasteiger partial charge is 0.316 e. The molecule has 0 saturated carbocycles. The predicted molar refractivity (Wildman–Crippen MR) is 63.2 cm³/mol. The van der Waals surface area contributed by atoms with Gasteiger partial charge in [-0.1, -0.05) is 6.07 Å². The topological polar surface area (TPSA) is 63.6 Å². The van der Waals surface area contributed by atoms with Gasteiger partial charge in [-0.25, -0.2) is 0 Å². The number of phenols is 1. The largest absolute Gasteiger partial charge is 0.507 e. The molecule has 0 heterocycles. The Labute approximate surface area is 100 Å². The molecule has 0 fully saturated rings. The average molecular weight is 236 g/mol. The first-order chi connectivity index (χ1) is 7.73. The van der Waals surface area contributed by atoms with Crippen LogP contribution in [0.5, 0.6) is 11.5 Å². The molecule has 0 aliphatic rings. The molecule has 0 aliphatic heterocycles. The van der Waals surface area contributed by atoms with E-state index in [1.54, 1.807) is 20.8 Å². The van der Waals surface area contributed by atoms with Crippen LogP contribution in [0.1, 0.15) is 38.1 Å². The summed E-state index contributed by atoms with van der Waals surface area (Å²) in [4.78, 5) is 23.1. The van der Waals surface area contributed by atoms with Crippen LogP contribution in [0, 0.1) is 5.41 Å². The number of hydrogen-bond donors (Lipinski definition) is 1. The lowest BCUT2D eigenvalue weighted by molar-refractivity contribution is -0.143. The molecule has 4 nitrogen and oxygen atoms in total. The Morgan fingerprint density at radius 3 is 2.29 bits per heavy atom. The van der Waals surface area contributed by atoms with E-state index >= 15 is 0 Å². The monoisotopic (exact) mass is 236 g/mol. The molecular weight excluding hydrogens is 220 g/mol. The van der Waals surface area contributed by atoms with E-state index in [2.05, 4.69) is 0 Å². The van der Waals surface area contributed by atoms with Crippen molar-refractivity contribution < 1.29 is 19.4 Å². The summed E-state index contributed by atoms with van der Waals surface area (Å²) in [5, 5.41) is 9.57. The van der Waals surface area contributed by atoms with E-state index in [-0.39, 0.29) is 22.8 Å². The van der Waals surface area contributed by atoms with Crippen LogP contribution < -0.4 is 4.74 Å². The highest BCUT2D eigenvalue weighted by atomic mass is 16.5. The minimum atomic E-state index is -0.667. The fourth-order valence-corrected chi connectivity index (χ4v) is 1.21. The maximum atomic E-state index is 11.7. The zero-order chi connectivity index (χ0) is 13.2. The minimum Gasteiger partial charge on any atom is -0.507 e. The first-order valence-electron chi connectivity index (χ1n) is 5.28. The van der Waals surface area contributed by atoms with Crippen molar-refractivity contribution in [2.45, 2.75) is 27.7 Å². The minimum absolute atomic E-state index is 0.0325. The molecule has 0 spiro atoms. The van der Waals surface area contributed by atoms with Crippen LogP contribution >= 0.6 is 0 Å². The Morgan fingerprint density at radius 2 is 1.82 bits per heavy atom. The summed E-state index contributed by atoms with van der Waals surface area (Å²) < 4.78 is 5.13. The number of hydrogen-bond acceptors (Lipinski definition) is 4. The number of esters is 1. The first-order valence-corrected chi connectivity index (χ1v) is 5.28. The van der Waals surface area contributed by atoms with Gasteiger partial charge in [-0.3, -0.25) is 9.59 Å². The van der Waals surface area contributed by atoms with Crippen molar-refractivity contribution >= 4 is 11.8 Å². The number of carbonyl (C=O) groups is 2. The molecule has 0 amide bonds. The van der Waals surface area contributed by atoms with Crippen LogP contribution in [-0.4, -0.2) is 16.9 Å². The van der Waals surface area contributed by atoms with Crippen LogP contribution in [0.2, 0.25) is 0 Å². The van der Waals surface area contributed by atoms with Gasteiger partial charge in [-0.15, -0.1) is 0 Å². The van der Waals surface area contributed by atoms with Gasteiger partial charge in [0.05, 0.1) is 5.41 Å². The zero-order valence-corrected chi connectivity index (χ0v) is 10.4. The summed E-state index contributed by atoms with van der Waals surface area (Å²) in [6, 6.07) is 4.39. The molecule has 1 N–H and O–H groups in total. The predicted octanol–water partition coefficient (Wildman–Crippen LogP) is 2.55. The van der Waals surface area contributed by atoms with Gasteiger partial charge >= 0.3 is 5.97 Å². The molecule has 4 heteroatoms. The quantitative estimate of drug-likeness (QED) is 0.487. The van der Waals surface area contributed by atoms with Crippen molar-refractivity contribution in [3.05, 3.63) is 23.8 Å². The van der Waals surface area contributed by atoms with E-state index < -0.39 is 11.4 Å². The van der Waals surface area contributed by atoms with Crippen molar-refractivity contribution in [3.8, 4) is 11.5 Å². The molecule has 0 aliphatic carbocycles. The Bertz CT molecular complexity index is 455. The molecule has 0 aromatic heterocycles. The molecule has 0 saturated heterocycles. The molecule has 0 radical (unpaired) electrons. The standard InChI is InChI=1S/C13H16O4/c1-8(14)11-9(15)6-5-7-10(11)17-12(16)13(2,3)4/h5-7,15H,1-4H3. The second-order valence-electron chi connectivity index (χ2n) is 4.85. The van der Waals surface area contributed by atoms with Gasteiger partial charge in [0.2, 0.25) is 0 Å². The zero-order valence-electron chi connectivity index (χ0n) is 10.4. The summed E-state index contributed by atoms with van der Waals surface area (Å²) in [6.07, 6.45) is 0. The highest BCUT2D eigenvalue weighted by molar-refractivity contribution is 6.00. The molecule has 1 aromatic rings. The lowest BCUT2D eigenvalue weighted by atomic mass is 9.97. The molecule has 92 valence electrons. The molecule has 17 heavy (non-hydrogen) atoms. The van der Waals surface area contributed by atoms with E-state index in [1.165, 1.54) is 25.1 Å². The van der Waals surface area contributed by atoms with Gasteiger partial charge < -0.3 is 9.84 Å². The third kappa shape index (κ3) is 3.06. The van der Waals surface area contributed by atoms with Crippen molar-refractivity contribution in [2.75, 3.05) is 0 Å². The number of phenolic OH excluding ortho intramolecular Hbond substituents is 1. The van der Waals surface area contributed by atoms with E-state index in [9.17, 15) is 14.7 Å². The van der Waals surface area contributed by atoms with Gasteiger partial charge in [-0.2, -0.15) is 0 Å². The van der Waals surface area contributed by atoms with E-state index in [4.69, 9.17) is 4.74 Å². The number of ether oxygens (including phenoxy) is 1. The first kappa shape index (κ1) is 13.2. The summed E-state index contributed by atoms with van der Waals surface area (Å²) in [5.41, 5.74) is -0.635. The lowest BCUT2D eigenvalue weighted by Crippen LogP contribution is -2.26. The number of ketones is 1. The summed E-state index contributed by atoms with van der Waals surface area (Å²) in [7, 11) is 0. The van der Waals surface area contributed by atoms with Gasteiger partial charge in [0, 0.05) is 0 Å². The molecule has 1 aromatic carbocycles. The van der Waals surface area contributed by atoms with Crippen molar-refractivity contribution in [1.82, 2.24) is 0 Å². The Kier molecular flexibility index (Phi) is 3.56. The third-order valence-electron chi connectivity index (χ3n) is 2.17. The van der Waals surface area contributed by atoms with Crippen LogP contribution in [0.15, 0.2) is 18.2 Å². The maximum Gasteiger partial charge on any atom is 0.316 e. The second kappa shape index (κ2) is 4.57. The van der Waals surface area contributed by atoms with E-state index in [0.29, 0.717) is 0 Å². The summed E-state index contributed by atoms with van der Waals surface area (Å²) >= 11 is 0. The van der Waals surface area contributed by atoms with E-state index in [1.807, 2.05) is 0 Å². The highest BCUT2D eigenvalue weighted by Crippen LogP contribution is 2.29. The molecule has 1 rings (SSSR count). The second-order valence-corrected chi connectivity index (χ2v) is 4.85. The fraction of sp³-hybridized carbons (Fsp3) is 0.385. The number of rotatable bonds is 2. The SMILES string of the molecule is CC(=O)c1c(O)cccc1OC(=O)C(C)(C)C. The maximum absolute atomic E-state index is 11.7.